The number of aryl methyl sites for hydroxylation is 1. The van der Waals surface area contributed by atoms with Crippen LogP contribution in [0.3, 0.4) is 0 Å². The van der Waals surface area contributed by atoms with Crippen molar-refractivity contribution in [2.45, 2.75) is 32.3 Å². The summed E-state index contributed by atoms with van der Waals surface area (Å²) in [6.45, 7) is 1.71. The van der Waals surface area contributed by atoms with Gasteiger partial charge in [0.15, 0.2) is 0 Å². The number of benzene rings is 1. The Kier molecular flexibility index (Phi) is 2.26. The van der Waals surface area contributed by atoms with E-state index in [0.717, 1.165) is 22.2 Å². The highest BCUT2D eigenvalue weighted by Gasteiger charge is 2.26. The van der Waals surface area contributed by atoms with Gasteiger partial charge in [-0.3, -0.25) is 4.79 Å². The highest BCUT2D eigenvalue weighted by atomic mass is 16.3. The Morgan fingerprint density at radius 3 is 2.88 bits per heavy atom. The molecule has 4 nitrogen and oxygen atoms in total. The van der Waals surface area contributed by atoms with E-state index >= 15 is 0 Å². The molecule has 0 bridgehead atoms. The van der Waals surface area contributed by atoms with Crippen LogP contribution in [0.4, 0.5) is 0 Å². The monoisotopic (exact) mass is 230 g/mol. The maximum absolute atomic E-state index is 11.5. The van der Waals surface area contributed by atoms with Gasteiger partial charge in [0, 0.05) is 0 Å². The molecule has 17 heavy (non-hydrogen) atoms. The lowest BCUT2D eigenvalue weighted by molar-refractivity contribution is 0.282. The van der Waals surface area contributed by atoms with Crippen LogP contribution in [-0.4, -0.2) is 15.1 Å². The molecule has 1 saturated carbocycles. The molecule has 1 aliphatic carbocycles. The standard InChI is InChI=1S/C13H14N2O2/c1-7-13(17)15-11-5-8(6-16)4-10(9-2-3-9)12(11)14-7/h4-5,9,16H,2-3,6H2,1H3,(H,15,17). The Morgan fingerprint density at radius 1 is 1.47 bits per heavy atom. The van der Waals surface area contributed by atoms with Crippen molar-refractivity contribution in [3.8, 4) is 0 Å². The second kappa shape index (κ2) is 3.67. The molecule has 0 unspecified atom stereocenters. The lowest BCUT2D eigenvalue weighted by Gasteiger charge is -2.08. The van der Waals surface area contributed by atoms with E-state index in [1.807, 2.05) is 6.07 Å². The molecule has 1 aromatic heterocycles. The van der Waals surface area contributed by atoms with Crippen molar-refractivity contribution in [1.82, 2.24) is 9.97 Å². The van der Waals surface area contributed by atoms with Gasteiger partial charge in [-0.1, -0.05) is 6.07 Å². The number of rotatable bonds is 2. The van der Waals surface area contributed by atoms with Crippen LogP contribution in [-0.2, 0) is 6.61 Å². The molecule has 88 valence electrons. The zero-order valence-electron chi connectivity index (χ0n) is 9.66. The molecular weight excluding hydrogens is 216 g/mol. The fraction of sp³-hybridized carbons (Fsp3) is 0.385. The first-order valence-corrected chi connectivity index (χ1v) is 5.83. The smallest absolute Gasteiger partial charge is 0.269 e. The van der Waals surface area contributed by atoms with Crippen LogP contribution >= 0.6 is 0 Å². The molecule has 0 spiro atoms. The van der Waals surface area contributed by atoms with E-state index in [2.05, 4.69) is 9.97 Å². The van der Waals surface area contributed by atoms with Crippen molar-refractivity contribution in [3.05, 3.63) is 39.3 Å². The largest absolute Gasteiger partial charge is 0.392 e. The van der Waals surface area contributed by atoms with Crippen molar-refractivity contribution in [2.24, 2.45) is 0 Å². The van der Waals surface area contributed by atoms with Gasteiger partial charge in [-0.25, -0.2) is 4.98 Å². The van der Waals surface area contributed by atoms with Crippen molar-refractivity contribution in [3.63, 3.8) is 0 Å². The first-order valence-electron chi connectivity index (χ1n) is 5.83. The molecule has 2 N–H and O–H groups in total. The normalized spacial score (nSPS) is 15.4. The predicted molar refractivity (Wildman–Crippen MR) is 65.0 cm³/mol. The maximum atomic E-state index is 11.5. The van der Waals surface area contributed by atoms with Gasteiger partial charge in [0.25, 0.3) is 5.56 Å². The average molecular weight is 230 g/mol. The lowest BCUT2D eigenvalue weighted by atomic mass is 10.0. The van der Waals surface area contributed by atoms with E-state index in [1.54, 1.807) is 13.0 Å². The highest BCUT2D eigenvalue weighted by molar-refractivity contribution is 5.80. The number of hydrogen-bond acceptors (Lipinski definition) is 3. The molecular formula is C13H14N2O2. The van der Waals surface area contributed by atoms with Gasteiger partial charge in [0.05, 0.1) is 17.6 Å². The van der Waals surface area contributed by atoms with Crippen LogP contribution in [0.25, 0.3) is 11.0 Å². The van der Waals surface area contributed by atoms with Crippen LogP contribution in [0.15, 0.2) is 16.9 Å². The number of fused-ring (bicyclic) bond motifs is 1. The molecule has 1 aliphatic rings. The number of H-pyrrole nitrogens is 1. The maximum Gasteiger partial charge on any atom is 0.269 e. The molecule has 4 heteroatoms. The van der Waals surface area contributed by atoms with Crippen LogP contribution in [0, 0.1) is 6.92 Å². The summed E-state index contributed by atoms with van der Waals surface area (Å²) in [4.78, 5) is 18.8. The molecule has 1 heterocycles. The second-order valence-electron chi connectivity index (χ2n) is 4.66. The molecule has 3 rings (SSSR count). The van der Waals surface area contributed by atoms with Gasteiger partial charge >= 0.3 is 0 Å². The Labute approximate surface area is 98.3 Å². The number of nitrogens with one attached hydrogen (secondary N) is 1. The molecule has 1 aromatic carbocycles. The van der Waals surface area contributed by atoms with Crippen molar-refractivity contribution < 1.29 is 5.11 Å². The summed E-state index contributed by atoms with van der Waals surface area (Å²) in [5.74, 6) is 0.543. The molecule has 0 atom stereocenters. The third-order valence-corrected chi connectivity index (χ3v) is 3.26. The minimum atomic E-state index is -0.158. The van der Waals surface area contributed by atoms with E-state index in [0.29, 0.717) is 11.6 Å². The number of aromatic amines is 1. The van der Waals surface area contributed by atoms with Crippen molar-refractivity contribution in [2.75, 3.05) is 0 Å². The molecule has 0 radical (unpaired) electrons. The lowest BCUT2D eigenvalue weighted by Crippen LogP contribution is -2.12. The van der Waals surface area contributed by atoms with E-state index in [1.165, 1.54) is 12.8 Å². The molecule has 1 fully saturated rings. The minimum absolute atomic E-state index is 0.00837. The summed E-state index contributed by atoms with van der Waals surface area (Å²) >= 11 is 0. The minimum Gasteiger partial charge on any atom is -0.392 e. The fourth-order valence-corrected chi connectivity index (χ4v) is 2.17. The summed E-state index contributed by atoms with van der Waals surface area (Å²) in [6, 6.07) is 3.81. The first-order chi connectivity index (χ1) is 8.19. The summed E-state index contributed by atoms with van der Waals surface area (Å²) < 4.78 is 0. The SMILES string of the molecule is Cc1nc2c(C3CC3)cc(CO)cc2[nH]c1=O. The van der Waals surface area contributed by atoms with E-state index in [-0.39, 0.29) is 12.2 Å². The van der Waals surface area contributed by atoms with Crippen LogP contribution in [0.2, 0.25) is 0 Å². The van der Waals surface area contributed by atoms with Crippen LogP contribution in [0.5, 0.6) is 0 Å². The average Bonchev–Trinajstić information content (AvgIpc) is 3.13. The van der Waals surface area contributed by atoms with E-state index in [4.69, 9.17) is 0 Å². The Morgan fingerprint density at radius 2 is 2.24 bits per heavy atom. The van der Waals surface area contributed by atoms with Gasteiger partial charge < -0.3 is 10.1 Å². The zero-order chi connectivity index (χ0) is 12.0. The first kappa shape index (κ1) is 10.5. The molecule has 2 aromatic rings. The van der Waals surface area contributed by atoms with Gasteiger partial charge in [0.1, 0.15) is 5.69 Å². The van der Waals surface area contributed by atoms with Crippen LogP contribution in [0.1, 0.15) is 35.6 Å². The molecule has 0 aliphatic heterocycles. The Hall–Kier alpha value is -1.68. The van der Waals surface area contributed by atoms with Gasteiger partial charge in [-0.05, 0) is 42.9 Å². The summed E-state index contributed by atoms with van der Waals surface area (Å²) in [5, 5.41) is 9.24. The van der Waals surface area contributed by atoms with Crippen LogP contribution < -0.4 is 5.56 Å². The quantitative estimate of drug-likeness (QED) is 0.823. The Balaban J connectivity index is 2.35. The fourth-order valence-electron chi connectivity index (χ4n) is 2.17. The second-order valence-corrected chi connectivity index (χ2v) is 4.66. The van der Waals surface area contributed by atoms with Gasteiger partial charge in [-0.15, -0.1) is 0 Å². The molecule has 0 amide bonds. The van der Waals surface area contributed by atoms with E-state index in [9.17, 15) is 9.90 Å². The summed E-state index contributed by atoms with van der Waals surface area (Å²) in [7, 11) is 0. The third-order valence-electron chi connectivity index (χ3n) is 3.26. The van der Waals surface area contributed by atoms with Crippen molar-refractivity contribution >= 4 is 11.0 Å². The zero-order valence-corrected chi connectivity index (χ0v) is 9.66. The summed E-state index contributed by atoms with van der Waals surface area (Å²) in [6.07, 6.45) is 2.34. The van der Waals surface area contributed by atoms with Crippen molar-refractivity contribution in [1.29, 1.82) is 0 Å². The number of hydrogen-bond donors (Lipinski definition) is 2. The number of nitrogens with zero attached hydrogens (tertiary/aromatic N) is 1. The highest BCUT2D eigenvalue weighted by Crippen LogP contribution is 2.42. The van der Waals surface area contributed by atoms with E-state index < -0.39 is 0 Å². The Bertz CT molecular complexity index is 642. The predicted octanol–water partition coefficient (Wildman–Crippen LogP) is 1.60. The number of aliphatic hydroxyl groups excluding tert-OH is 1. The number of aliphatic hydroxyl groups is 1. The number of aromatic nitrogens is 2. The molecule has 0 saturated heterocycles. The summed E-state index contributed by atoms with van der Waals surface area (Å²) in [5.41, 5.74) is 3.94. The van der Waals surface area contributed by atoms with Gasteiger partial charge in [-0.2, -0.15) is 0 Å². The van der Waals surface area contributed by atoms with Gasteiger partial charge in [0.2, 0.25) is 0 Å². The third kappa shape index (κ3) is 1.74. The topological polar surface area (TPSA) is 66.0 Å².